The summed E-state index contributed by atoms with van der Waals surface area (Å²) in [4.78, 5) is 16.9. The van der Waals surface area contributed by atoms with Crippen LogP contribution >= 0.6 is 0 Å². The fourth-order valence-corrected chi connectivity index (χ4v) is 5.86. The van der Waals surface area contributed by atoms with Crippen LogP contribution in [0.2, 0.25) is 0 Å². The van der Waals surface area contributed by atoms with E-state index in [1.165, 1.54) is 35.2 Å². The maximum atomic E-state index is 13.7. The van der Waals surface area contributed by atoms with Crippen molar-refractivity contribution in [2.75, 3.05) is 31.5 Å². The molecule has 1 heterocycles. The molecule has 43 heavy (non-hydrogen) atoms. The number of hydrogen-bond acceptors (Lipinski definition) is 6. The van der Waals surface area contributed by atoms with Gasteiger partial charge in [-0.05, 0) is 74.1 Å². The first kappa shape index (κ1) is 32.2. The summed E-state index contributed by atoms with van der Waals surface area (Å²) in [5, 5.41) is 9.88. The quantitative estimate of drug-likeness (QED) is 0.326. The third-order valence-electron chi connectivity index (χ3n) is 7.27. The number of amides is 1. The molecular weight excluding hydrogens is 590 g/mol. The molecule has 13 heteroatoms. The summed E-state index contributed by atoms with van der Waals surface area (Å²) in [5.41, 5.74) is 0.121. The lowest BCUT2D eigenvalue weighted by atomic mass is 9.99. The van der Waals surface area contributed by atoms with Gasteiger partial charge in [0.2, 0.25) is 0 Å². The van der Waals surface area contributed by atoms with E-state index in [4.69, 9.17) is 4.74 Å². The number of carbonyl (C=O) groups is 1. The number of rotatable bonds is 9. The SMILES string of the molecule is C[C@H](CO)N1C[C@H](C)[C@@H](CN(C)Cc2ccc(C(F)(F)F)cc2)Oc2ccc(NS(=O)(=O)c3ccc(F)cc3)cc2C1=O. The van der Waals surface area contributed by atoms with E-state index in [9.17, 15) is 35.9 Å². The number of benzene rings is 3. The molecule has 1 aliphatic heterocycles. The molecule has 0 radical (unpaired) electrons. The van der Waals surface area contributed by atoms with Crippen LogP contribution in [0, 0.1) is 11.7 Å². The number of aliphatic hydroxyl groups excluding tert-OH is 1. The highest BCUT2D eigenvalue weighted by Gasteiger charge is 2.34. The average Bonchev–Trinajstić information content (AvgIpc) is 2.94. The normalized spacial score (nSPS) is 18.4. The lowest BCUT2D eigenvalue weighted by Gasteiger charge is -2.38. The van der Waals surface area contributed by atoms with Crippen molar-refractivity contribution in [2.45, 2.75) is 43.6 Å². The molecule has 0 unspecified atom stereocenters. The molecule has 0 saturated carbocycles. The third-order valence-corrected chi connectivity index (χ3v) is 8.66. The Morgan fingerprint density at radius 1 is 1.09 bits per heavy atom. The number of likely N-dealkylation sites (N-methyl/N-ethyl adjacent to an activating group) is 1. The predicted octanol–water partition coefficient (Wildman–Crippen LogP) is 5.00. The lowest BCUT2D eigenvalue weighted by Crippen LogP contribution is -2.49. The van der Waals surface area contributed by atoms with Crippen LogP contribution in [0.5, 0.6) is 5.75 Å². The molecule has 0 aliphatic carbocycles. The largest absolute Gasteiger partial charge is 0.488 e. The van der Waals surface area contributed by atoms with Crippen LogP contribution in [0.25, 0.3) is 0 Å². The second-order valence-corrected chi connectivity index (χ2v) is 12.5. The molecule has 1 amide bonds. The van der Waals surface area contributed by atoms with Gasteiger partial charge >= 0.3 is 6.18 Å². The molecule has 1 aliphatic rings. The third kappa shape index (κ3) is 7.84. The first-order valence-corrected chi connectivity index (χ1v) is 15.0. The first-order chi connectivity index (χ1) is 20.2. The molecule has 232 valence electrons. The molecule has 3 aromatic rings. The van der Waals surface area contributed by atoms with E-state index in [2.05, 4.69) is 4.72 Å². The van der Waals surface area contributed by atoms with Crippen molar-refractivity contribution in [3.8, 4) is 5.75 Å². The van der Waals surface area contributed by atoms with E-state index in [1.54, 1.807) is 14.0 Å². The molecule has 0 aromatic heterocycles. The zero-order valence-corrected chi connectivity index (χ0v) is 24.6. The van der Waals surface area contributed by atoms with E-state index < -0.39 is 45.6 Å². The smallest absolute Gasteiger partial charge is 0.416 e. The summed E-state index contributed by atoms with van der Waals surface area (Å²) < 4.78 is 86.6. The Kier molecular flexibility index (Phi) is 9.67. The fraction of sp³-hybridized carbons (Fsp3) is 0.367. The van der Waals surface area contributed by atoms with Gasteiger partial charge in [-0.15, -0.1) is 0 Å². The van der Waals surface area contributed by atoms with Gasteiger partial charge in [-0.3, -0.25) is 14.4 Å². The zero-order valence-electron chi connectivity index (χ0n) is 23.8. The molecule has 0 spiro atoms. The van der Waals surface area contributed by atoms with Crippen molar-refractivity contribution < 1.29 is 40.6 Å². The van der Waals surface area contributed by atoms with Gasteiger partial charge in [-0.1, -0.05) is 19.1 Å². The van der Waals surface area contributed by atoms with E-state index >= 15 is 0 Å². The molecule has 8 nitrogen and oxygen atoms in total. The number of nitrogens with zero attached hydrogens (tertiary/aromatic N) is 2. The average molecular weight is 624 g/mol. The van der Waals surface area contributed by atoms with Gasteiger partial charge in [0.15, 0.2) is 0 Å². The molecule has 0 bridgehead atoms. The minimum absolute atomic E-state index is 0.0845. The Labute approximate surface area is 247 Å². The number of nitrogens with one attached hydrogen (secondary N) is 1. The summed E-state index contributed by atoms with van der Waals surface area (Å²) >= 11 is 0. The molecule has 0 fully saturated rings. The minimum atomic E-state index is -4.42. The van der Waals surface area contributed by atoms with Crippen LogP contribution < -0.4 is 9.46 Å². The Morgan fingerprint density at radius 2 is 1.74 bits per heavy atom. The number of ether oxygens (including phenoxy) is 1. The standard InChI is InChI=1S/C30H33F4N3O5S/c1-19-15-37(20(2)18-38)29(39)26-14-24(35-43(40,41)25-11-8-23(31)9-12-25)10-13-27(26)42-28(19)17-36(3)16-21-4-6-22(7-5-21)30(32,33)34/h4-14,19-20,28,35,38H,15-18H2,1-3H3/t19-,20+,28+/m0/s1. The number of sulfonamides is 1. The van der Waals surface area contributed by atoms with Crippen LogP contribution in [0.3, 0.4) is 0 Å². The van der Waals surface area contributed by atoms with Crippen molar-refractivity contribution in [3.63, 3.8) is 0 Å². The zero-order chi connectivity index (χ0) is 31.5. The second kappa shape index (κ2) is 12.9. The molecule has 3 aromatic carbocycles. The van der Waals surface area contributed by atoms with E-state index in [0.29, 0.717) is 18.7 Å². The topological polar surface area (TPSA) is 99.2 Å². The van der Waals surface area contributed by atoms with Crippen LogP contribution in [0.4, 0.5) is 23.2 Å². The number of hydrogen-bond donors (Lipinski definition) is 2. The lowest BCUT2D eigenvalue weighted by molar-refractivity contribution is -0.137. The van der Waals surface area contributed by atoms with Crippen LogP contribution in [-0.4, -0.2) is 68.1 Å². The van der Waals surface area contributed by atoms with Gasteiger partial charge in [0.1, 0.15) is 17.7 Å². The molecule has 2 N–H and O–H groups in total. The number of halogens is 4. The van der Waals surface area contributed by atoms with Gasteiger partial charge < -0.3 is 14.7 Å². The summed E-state index contributed by atoms with van der Waals surface area (Å²) in [6, 6.07) is 13.0. The van der Waals surface area contributed by atoms with Crippen molar-refractivity contribution in [1.29, 1.82) is 0 Å². The summed E-state index contributed by atoms with van der Waals surface area (Å²) in [7, 11) is -2.29. The predicted molar refractivity (Wildman–Crippen MR) is 153 cm³/mol. The van der Waals surface area contributed by atoms with E-state index in [1.807, 2.05) is 11.8 Å². The van der Waals surface area contributed by atoms with Gasteiger partial charge in [-0.2, -0.15) is 13.2 Å². The Hall–Kier alpha value is -3.68. The number of alkyl halides is 3. The van der Waals surface area contributed by atoms with E-state index in [-0.39, 0.29) is 41.0 Å². The minimum Gasteiger partial charge on any atom is -0.488 e. The van der Waals surface area contributed by atoms with Crippen LogP contribution in [0.1, 0.15) is 35.3 Å². The van der Waals surface area contributed by atoms with Gasteiger partial charge in [0, 0.05) is 31.2 Å². The molecule has 3 atom stereocenters. The van der Waals surface area contributed by atoms with Gasteiger partial charge in [0.25, 0.3) is 15.9 Å². The number of anilines is 1. The van der Waals surface area contributed by atoms with Crippen LogP contribution in [-0.2, 0) is 22.7 Å². The highest BCUT2D eigenvalue weighted by molar-refractivity contribution is 7.92. The Bertz CT molecular complexity index is 1530. The molecule has 0 saturated heterocycles. The number of aliphatic hydroxyl groups is 1. The number of fused-ring (bicyclic) bond motifs is 1. The Morgan fingerprint density at radius 3 is 2.35 bits per heavy atom. The summed E-state index contributed by atoms with van der Waals surface area (Å²) in [6.45, 7) is 4.22. The maximum Gasteiger partial charge on any atom is 0.416 e. The van der Waals surface area contributed by atoms with Crippen molar-refractivity contribution in [3.05, 3.63) is 89.2 Å². The highest BCUT2D eigenvalue weighted by atomic mass is 32.2. The molecule has 4 rings (SSSR count). The van der Waals surface area contributed by atoms with Crippen molar-refractivity contribution in [2.24, 2.45) is 5.92 Å². The monoisotopic (exact) mass is 623 g/mol. The number of carbonyl (C=O) groups excluding carboxylic acids is 1. The van der Waals surface area contributed by atoms with Gasteiger partial charge in [0.05, 0.1) is 28.7 Å². The maximum absolute atomic E-state index is 13.7. The second-order valence-electron chi connectivity index (χ2n) is 10.8. The van der Waals surface area contributed by atoms with Crippen LogP contribution in [0.15, 0.2) is 71.6 Å². The molecular formula is C30H33F4N3O5S. The fourth-order valence-electron chi connectivity index (χ4n) is 4.81. The van der Waals surface area contributed by atoms with Crippen molar-refractivity contribution >= 4 is 21.6 Å². The summed E-state index contributed by atoms with van der Waals surface area (Å²) in [5.74, 6) is -1.04. The highest BCUT2D eigenvalue weighted by Crippen LogP contribution is 2.32. The van der Waals surface area contributed by atoms with Crippen molar-refractivity contribution in [1.82, 2.24) is 9.80 Å². The van der Waals surface area contributed by atoms with Gasteiger partial charge in [-0.25, -0.2) is 12.8 Å². The Balaban J connectivity index is 1.59. The first-order valence-electron chi connectivity index (χ1n) is 13.5. The summed E-state index contributed by atoms with van der Waals surface area (Å²) in [6.07, 6.45) is -4.89. The van der Waals surface area contributed by atoms with E-state index in [0.717, 1.165) is 36.4 Å².